The van der Waals surface area contributed by atoms with Crippen LogP contribution in [0.5, 0.6) is 0 Å². The summed E-state index contributed by atoms with van der Waals surface area (Å²) in [7, 11) is 0. The number of aliphatic hydroxyl groups excluding tert-OH is 1. The van der Waals surface area contributed by atoms with Crippen molar-refractivity contribution in [3.05, 3.63) is 74.4 Å². The second-order valence-electron chi connectivity index (χ2n) is 8.36. The average molecular weight is 499 g/mol. The molecule has 2 aromatic carbocycles. The number of anilines is 2. The van der Waals surface area contributed by atoms with Crippen molar-refractivity contribution in [3.8, 4) is 0 Å². The van der Waals surface area contributed by atoms with E-state index in [9.17, 15) is 9.90 Å². The van der Waals surface area contributed by atoms with E-state index in [2.05, 4.69) is 59.1 Å². The first-order valence-electron chi connectivity index (χ1n) is 10.1. The molecule has 0 saturated heterocycles. The minimum Gasteiger partial charge on any atom is -0.392 e. The van der Waals surface area contributed by atoms with E-state index in [1.54, 1.807) is 0 Å². The van der Waals surface area contributed by atoms with Gasteiger partial charge in [-0.2, -0.15) is 0 Å². The van der Waals surface area contributed by atoms with Gasteiger partial charge in [-0.1, -0.05) is 24.6 Å². The van der Waals surface area contributed by atoms with Gasteiger partial charge in [-0.15, -0.1) is 0 Å². The first-order chi connectivity index (χ1) is 13.9. The summed E-state index contributed by atoms with van der Waals surface area (Å²) in [5.74, 6) is 0.132. The Hall–Kier alpha value is -1.92. The number of ketones is 1. The van der Waals surface area contributed by atoms with E-state index in [4.69, 9.17) is 0 Å². The molecular formula is C25H26INO2. The van der Waals surface area contributed by atoms with Crippen LogP contribution in [0.25, 0.3) is 6.08 Å². The molecule has 0 radical (unpaired) electrons. The highest BCUT2D eigenvalue weighted by atomic mass is 127. The minimum atomic E-state index is -0.377. The molecule has 0 unspecified atom stereocenters. The summed E-state index contributed by atoms with van der Waals surface area (Å²) in [4.78, 5) is 12.9. The van der Waals surface area contributed by atoms with Crippen LogP contribution in [-0.2, 0) is 4.79 Å². The summed E-state index contributed by atoms with van der Waals surface area (Å²) in [6.07, 6.45) is 4.93. The number of halogens is 1. The highest BCUT2D eigenvalue weighted by Gasteiger charge is 2.45. The van der Waals surface area contributed by atoms with E-state index in [1.165, 1.54) is 3.57 Å². The van der Waals surface area contributed by atoms with Gasteiger partial charge < -0.3 is 10.4 Å². The topological polar surface area (TPSA) is 49.3 Å². The smallest absolute Gasteiger partial charge is 0.184 e. The molecule has 4 heteroatoms. The Morgan fingerprint density at radius 2 is 1.72 bits per heavy atom. The van der Waals surface area contributed by atoms with Crippen LogP contribution in [0.4, 0.5) is 11.4 Å². The molecule has 29 heavy (non-hydrogen) atoms. The zero-order valence-electron chi connectivity index (χ0n) is 16.8. The van der Waals surface area contributed by atoms with Crippen molar-refractivity contribution in [1.82, 2.24) is 0 Å². The molecule has 1 saturated carbocycles. The van der Waals surface area contributed by atoms with E-state index < -0.39 is 0 Å². The molecule has 2 aliphatic rings. The minimum absolute atomic E-state index is 0.132. The molecule has 3 nitrogen and oxygen atoms in total. The second-order valence-corrected chi connectivity index (χ2v) is 9.60. The zero-order valence-corrected chi connectivity index (χ0v) is 19.0. The lowest BCUT2D eigenvalue weighted by Gasteiger charge is -2.45. The fourth-order valence-corrected chi connectivity index (χ4v) is 5.01. The van der Waals surface area contributed by atoms with Crippen molar-refractivity contribution in [2.75, 3.05) is 5.32 Å². The molecule has 2 aromatic rings. The number of carbonyl (C=O) groups is 1. The number of fused-ring (bicyclic) bond motifs is 1. The van der Waals surface area contributed by atoms with Gasteiger partial charge in [0.05, 0.1) is 6.10 Å². The van der Waals surface area contributed by atoms with E-state index in [1.807, 2.05) is 37.3 Å². The van der Waals surface area contributed by atoms with E-state index in [-0.39, 0.29) is 17.3 Å². The third-order valence-corrected chi connectivity index (χ3v) is 7.08. The van der Waals surface area contributed by atoms with Gasteiger partial charge in [0.25, 0.3) is 0 Å². The van der Waals surface area contributed by atoms with Gasteiger partial charge in [0, 0.05) is 25.9 Å². The largest absolute Gasteiger partial charge is 0.392 e. The molecule has 150 valence electrons. The SMILES string of the molecule is CC1=C2CCC[C@H](O)[C@@]2(C)C/C(=C\c2ccc(Nc3ccc(I)cc3)cc2)C1=O. The number of allylic oxidation sites excluding steroid dienone is 2. The van der Waals surface area contributed by atoms with Crippen LogP contribution < -0.4 is 5.32 Å². The van der Waals surface area contributed by atoms with Crippen molar-refractivity contribution >= 4 is 45.8 Å². The summed E-state index contributed by atoms with van der Waals surface area (Å²) < 4.78 is 1.21. The van der Waals surface area contributed by atoms with Gasteiger partial charge >= 0.3 is 0 Å². The molecule has 2 aliphatic carbocycles. The van der Waals surface area contributed by atoms with Crippen LogP contribution in [0.1, 0.15) is 45.1 Å². The molecule has 0 aliphatic heterocycles. The lowest BCUT2D eigenvalue weighted by atomic mass is 9.61. The monoisotopic (exact) mass is 499 g/mol. The van der Waals surface area contributed by atoms with Crippen molar-refractivity contribution < 1.29 is 9.90 Å². The lowest BCUT2D eigenvalue weighted by molar-refractivity contribution is -0.113. The number of hydrogen-bond donors (Lipinski definition) is 2. The van der Waals surface area contributed by atoms with Crippen LogP contribution in [0, 0.1) is 8.99 Å². The molecule has 2 N–H and O–H groups in total. The molecule has 2 atom stereocenters. The first-order valence-corrected chi connectivity index (χ1v) is 11.2. The van der Waals surface area contributed by atoms with E-state index in [0.29, 0.717) is 6.42 Å². The number of Topliss-reactive ketones (excluding diaryl/α,β-unsaturated/α-hetero) is 1. The molecule has 0 bridgehead atoms. The fraction of sp³-hybridized carbons (Fsp3) is 0.320. The summed E-state index contributed by atoms with van der Waals surface area (Å²) in [5, 5.41) is 14.1. The Balaban J connectivity index is 1.57. The Morgan fingerprint density at radius 3 is 2.38 bits per heavy atom. The Morgan fingerprint density at radius 1 is 1.10 bits per heavy atom. The summed E-state index contributed by atoms with van der Waals surface area (Å²) in [5.41, 5.74) is 5.55. The number of aliphatic hydroxyl groups is 1. The van der Waals surface area contributed by atoms with Gasteiger partial charge in [-0.05, 0) is 109 Å². The molecule has 1 fully saturated rings. The van der Waals surface area contributed by atoms with Crippen molar-refractivity contribution in [1.29, 1.82) is 0 Å². The quantitative estimate of drug-likeness (QED) is 0.387. The summed E-state index contributed by atoms with van der Waals surface area (Å²) in [6.45, 7) is 4.04. The fourth-order valence-electron chi connectivity index (χ4n) is 4.65. The van der Waals surface area contributed by atoms with Crippen molar-refractivity contribution in [2.24, 2.45) is 5.41 Å². The highest BCUT2D eigenvalue weighted by molar-refractivity contribution is 14.1. The van der Waals surface area contributed by atoms with Crippen LogP contribution in [-0.4, -0.2) is 17.0 Å². The van der Waals surface area contributed by atoms with Crippen LogP contribution in [0.15, 0.2) is 65.3 Å². The normalized spacial score (nSPS) is 25.9. The Labute approximate surface area is 186 Å². The maximum Gasteiger partial charge on any atom is 0.184 e. The van der Waals surface area contributed by atoms with Crippen molar-refractivity contribution in [3.63, 3.8) is 0 Å². The predicted molar refractivity (Wildman–Crippen MR) is 127 cm³/mol. The van der Waals surface area contributed by atoms with Crippen LogP contribution >= 0.6 is 22.6 Å². The number of rotatable bonds is 3. The number of benzene rings is 2. The van der Waals surface area contributed by atoms with E-state index in [0.717, 1.165) is 52.9 Å². The summed E-state index contributed by atoms with van der Waals surface area (Å²) >= 11 is 2.29. The number of carbonyl (C=O) groups excluding carboxylic acids is 1. The van der Waals surface area contributed by atoms with Crippen LogP contribution in [0.3, 0.4) is 0 Å². The standard InChI is InChI=1S/C25H26INO2/c1-16-22-4-3-5-23(28)25(22,2)15-18(24(16)29)14-17-6-10-20(11-7-17)27-21-12-8-19(26)9-13-21/h6-14,23,27-28H,3-5,15H2,1-2H3/b18-14+/t23-,25-/m0/s1. The lowest BCUT2D eigenvalue weighted by Crippen LogP contribution is -2.42. The van der Waals surface area contributed by atoms with Gasteiger partial charge in [0.15, 0.2) is 5.78 Å². The van der Waals surface area contributed by atoms with E-state index >= 15 is 0 Å². The van der Waals surface area contributed by atoms with Gasteiger partial charge in [0.1, 0.15) is 0 Å². The molecule has 0 heterocycles. The Kier molecular flexibility index (Phi) is 5.67. The van der Waals surface area contributed by atoms with Crippen molar-refractivity contribution in [2.45, 2.75) is 45.6 Å². The van der Waals surface area contributed by atoms with Gasteiger partial charge in [-0.3, -0.25) is 4.79 Å². The maximum atomic E-state index is 12.9. The Bertz CT molecular complexity index is 988. The van der Waals surface area contributed by atoms with Gasteiger partial charge in [0.2, 0.25) is 0 Å². The molecule has 4 rings (SSSR count). The first kappa shape index (κ1) is 20.4. The molecule has 0 amide bonds. The number of hydrogen-bond acceptors (Lipinski definition) is 3. The molecule has 0 aromatic heterocycles. The third-order valence-electron chi connectivity index (χ3n) is 6.36. The number of nitrogens with one attached hydrogen (secondary N) is 1. The third kappa shape index (κ3) is 4.05. The van der Waals surface area contributed by atoms with Gasteiger partial charge in [-0.25, -0.2) is 0 Å². The summed E-state index contributed by atoms with van der Waals surface area (Å²) in [6, 6.07) is 16.4. The highest BCUT2D eigenvalue weighted by Crippen LogP contribution is 2.50. The van der Waals surface area contributed by atoms with Crippen LogP contribution in [0.2, 0.25) is 0 Å². The molecule has 0 spiro atoms. The predicted octanol–water partition coefficient (Wildman–Crippen LogP) is 6.26. The average Bonchev–Trinajstić information content (AvgIpc) is 2.71. The zero-order chi connectivity index (χ0) is 20.6. The molecular weight excluding hydrogens is 473 g/mol. The maximum absolute atomic E-state index is 12.9. The second kappa shape index (κ2) is 8.07.